The van der Waals surface area contributed by atoms with Crippen LogP contribution in [0.15, 0.2) is 0 Å². The van der Waals surface area contributed by atoms with Gasteiger partial charge in [0.2, 0.25) is 0 Å². The molecule has 0 rings (SSSR count). The van der Waals surface area contributed by atoms with Gasteiger partial charge in [-0.15, -0.1) is 0 Å². The number of aliphatic carboxylic acids is 1. The molecule has 0 saturated heterocycles. The summed E-state index contributed by atoms with van der Waals surface area (Å²) in [5.74, 6) is -6.07. The van der Waals surface area contributed by atoms with Gasteiger partial charge in [-0.3, -0.25) is 0 Å². The maximum absolute atomic E-state index is 12.2. The van der Waals surface area contributed by atoms with E-state index < -0.39 is 17.6 Å². The predicted molar refractivity (Wildman–Crippen MR) is 39.0 cm³/mol. The predicted octanol–water partition coefficient (Wildman–Crippen LogP) is 0.398. The van der Waals surface area contributed by atoms with Crippen LogP contribution in [-0.2, 0) is 4.79 Å². The zero-order valence-electron chi connectivity index (χ0n) is 5.72. The van der Waals surface area contributed by atoms with E-state index in [4.69, 9.17) is 10.8 Å². The Labute approximate surface area is 66.9 Å². The van der Waals surface area contributed by atoms with E-state index >= 15 is 0 Å². The minimum atomic E-state index is -3.63. The number of nitrogens with two attached hydrogens (primary N) is 1. The van der Waals surface area contributed by atoms with Gasteiger partial charge in [-0.05, 0) is 0 Å². The number of carboxylic acids is 1. The molecule has 0 bridgehead atoms. The van der Waals surface area contributed by atoms with Gasteiger partial charge in [0.05, 0.1) is 5.75 Å². The second kappa shape index (κ2) is 4.50. The zero-order chi connectivity index (χ0) is 8.91. The SMILES string of the molecule is NCCSCC(F)(F)C(=O)O. The molecule has 11 heavy (non-hydrogen) atoms. The normalized spacial score (nSPS) is 11.5. The molecule has 6 heteroatoms. The summed E-state index contributed by atoms with van der Waals surface area (Å²) in [6.45, 7) is 0.278. The highest BCUT2D eigenvalue weighted by atomic mass is 32.2. The molecule has 0 atom stereocenters. The monoisotopic (exact) mass is 185 g/mol. The van der Waals surface area contributed by atoms with Crippen LogP contribution in [0.1, 0.15) is 0 Å². The van der Waals surface area contributed by atoms with E-state index in [2.05, 4.69) is 0 Å². The molecule has 0 amide bonds. The van der Waals surface area contributed by atoms with E-state index in [9.17, 15) is 13.6 Å². The van der Waals surface area contributed by atoms with Crippen molar-refractivity contribution in [3.05, 3.63) is 0 Å². The summed E-state index contributed by atoms with van der Waals surface area (Å²) in [4.78, 5) is 9.82. The third-order valence-electron chi connectivity index (χ3n) is 0.858. The first kappa shape index (κ1) is 10.6. The quantitative estimate of drug-likeness (QED) is 0.608. The highest BCUT2D eigenvalue weighted by molar-refractivity contribution is 7.99. The lowest BCUT2D eigenvalue weighted by Gasteiger charge is -2.08. The van der Waals surface area contributed by atoms with Crippen LogP contribution < -0.4 is 5.73 Å². The molecule has 0 aromatic rings. The first-order chi connectivity index (χ1) is 5.00. The molecule has 0 spiro atoms. The van der Waals surface area contributed by atoms with Crippen molar-refractivity contribution in [2.45, 2.75) is 5.92 Å². The largest absolute Gasteiger partial charge is 0.477 e. The van der Waals surface area contributed by atoms with E-state index in [0.717, 1.165) is 11.8 Å². The number of carboxylic acid groups (broad SMARTS) is 1. The molecular weight excluding hydrogens is 176 g/mol. The van der Waals surface area contributed by atoms with Crippen molar-refractivity contribution >= 4 is 17.7 Å². The van der Waals surface area contributed by atoms with Gasteiger partial charge >= 0.3 is 11.9 Å². The summed E-state index contributed by atoms with van der Waals surface area (Å²) in [5, 5.41) is 7.95. The van der Waals surface area contributed by atoms with Crippen LogP contribution in [0.25, 0.3) is 0 Å². The number of alkyl halides is 2. The van der Waals surface area contributed by atoms with Crippen molar-refractivity contribution in [1.82, 2.24) is 0 Å². The molecule has 0 aromatic carbocycles. The van der Waals surface area contributed by atoms with Gasteiger partial charge in [-0.25, -0.2) is 4.79 Å². The number of carbonyl (C=O) groups is 1. The van der Waals surface area contributed by atoms with E-state index in [0.29, 0.717) is 5.75 Å². The lowest BCUT2D eigenvalue weighted by atomic mass is 10.4. The van der Waals surface area contributed by atoms with Gasteiger partial charge in [0.1, 0.15) is 0 Å². The van der Waals surface area contributed by atoms with Gasteiger partial charge in [0.25, 0.3) is 0 Å². The summed E-state index contributed by atoms with van der Waals surface area (Å²) in [5.41, 5.74) is 5.02. The van der Waals surface area contributed by atoms with Crippen LogP contribution in [0.2, 0.25) is 0 Å². The number of halogens is 2. The summed E-state index contributed by atoms with van der Waals surface area (Å²) >= 11 is 0.833. The Balaban J connectivity index is 3.64. The highest BCUT2D eigenvalue weighted by Crippen LogP contribution is 2.19. The number of hydrogen-bond donors (Lipinski definition) is 2. The summed E-state index contributed by atoms with van der Waals surface area (Å²) < 4.78 is 24.4. The molecule has 0 aliphatic heterocycles. The Hall–Kier alpha value is -0.360. The van der Waals surface area contributed by atoms with Crippen molar-refractivity contribution in [3.63, 3.8) is 0 Å². The Morgan fingerprint density at radius 1 is 1.64 bits per heavy atom. The summed E-state index contributed by atoms with van der Waals surface area (Å²) in [6.07, 6.45) is 0. The van der Waals surface area contributed by atoms with Gasteiger partial charge in [0, 0.05) is 12.3 Å². The van der Waals surface area contributed by atoms with Crippen LogP contribution in [0.3, 0.4) is 0 Å². The summed E-state index contributed by atoms with van der Waals surface area (Å²) in [7, 11) is 0. The van der Waals surface area contributed by atoms with Crippen LogP contribution in [-0.4, -0.2) is 35.0 Å². The van der Waals surface area contributed by atoms with Crippen LogP contribution >= 0.6 is 11.8 Å². The molecule has 0 aromatic heterocycles. The average molecular weight is 185 g/mol. The molecule has 0 aliphatic rings. The van der Waals surface area contributed by atoms with Crippen molar-refractivity contribution in [2.75, 3.05) is 18.1 Å². The second-order valence-electron chi connectivity index (χ2n) is 1.85. The molecule has 0 fully saturated rings. The van der Waals surface area contributed by atoms with Gasteiger partial charge < -0.3 is 10.8 Å². The standard InChI is InChI=1S/C5H9F2NO2S/c6-5(7,4(9)10)3-11-2-1-8/h1-3,8H2,(H,9,10). The van der Waals surface area contributed by atoms with E-state index in [1.807, 2.05) is 0 Å². The van der Waals surface area contributed by atoms with E-state index in [1.165, 1.54) is 0 Å². The van der Waals surface area contributed by atoms with Crippen molar-refractivity contribution < 1.29 is 18.7 Å². The van der Waals surface area contributed by atoms with Gasteiger partial charge in [-0.1, -0.05) is 0 Å². The van der Waals surface area contributed by atoms with Crippen LogP contribution in [0, 0.1) is 0 Å². The highest BCUT2D eigenvalue weighted by Gasteiger charge is 2.38. The molecular formula is C5H9F2NO2S. The Kier molecular flexibility index (Phi) is 4.36. The number of rotatable bonds is 5. The fraction of sp³-hybridized carbons (Fsp3) is 0.800. The maximum atomic E-state index is 12.2. The number of hydrogen-bond acceptors (Lipinski definition) is 3. The molecule has 66 valence electrons. The van der Waals surface area contributed by atoms with Gasteiger partial charge in [0.15, 0.2) is 0 Å². The zero-order valence-corrected chi connectivity index (χ0v) is 6.53. The first-order valence-corrected chi connectivity index (χ1v) is 4.05. The molecule has 0 aliphatic carbocycles. The Morgan fingerprint density at radius 3 is 2.55 bits per heavy atom. The molecule has 3 N–H and O–H groups in total. The van der Waals surface area contributed by atoms with Crippen molar-refractivity contribution in [2.24, 2.45) is 5.73 Å². The average Bonchev–Trinajstić information content (AvgIpc) is 1.88. The molecule has 0 heterocycles. The first-order valence-electron chi connectivity index (χ1n) is 2.89. The Bertz CT molecular complexity index is 142. The smallest absolute Gasteiger partial charge is 0.375 e. The van der Waals surface area contributed by atoms with Crippen molar-refractivity contribution in [3.8, 4) is 0 Å². The molecule has 0 unspecified atom stereocenters. The fourth-order valence-electron chi connectivity index (χ4n) is 0.345. The van der Waals surface area contributed by atoms with Gasteiger partial charge in [-0.2, -0.15) is 20.5 Å². The molecule has 0 radical (unpaired) electrons. The minimum absolute atomic E-state index is 0.278. The van der Waals surface area contributed by atoms with Crippen LogP contribution in [0.4, 0.5) is 8.78 Å². The van der Waals surface area contributed by atoms with Crippen molar-refractivity contribution in [1.29, 1.82) is 0 Å². The molecule has 3 nitrogen and oxygen atoms in total. The lowest BCUT2D eigenvalue weighted by Crippen LogP contribution is -2.31. The third-order valence-corrected chi connectivity index (χ3v) is 1.95. The topological polar surface area (TPSA) is 63.3 Å². The van der Waals surface area contributed by atoms with E-state index in [1.54, 1.807) is 0 Å². The summed E-state index contributed by atoms with van der Waals surface area (Å²) in [6, 6.07) is 0. The van der Waals surface area contributed by atoms with E-state index in [-0.39, 0.29) is 6.54 Å². The number of thioether (sulfide) groups is 1. The Morgan fingerprint density at radius 2 is 2.18 bits per heavy atom. The minimum Gasteiger partial charge on any atom is -0.477 e. The lowest BCUT2D eigenvalue weighted by molar-refractivity contribution is -0.161. The maximum Gasteiger partial charge on any atom is 0.375 e. The van der Waals surface area contributed by atoms with Crippen LogP contribution in [0.5, 0.6) is 0 Å². The third kappa shape index (κ3) is 4.15. The second-order valence-corrected chi connectivity index (χ2v) is 2.96. The molecule has 0 saturated carbocycles. The fourth-order valence-corrected chi connectivity index (χ4v) is 1.04.